The molecular weight excluding hydrogens is 382 g/mol. The van der Waals surface area contributed by atoms with E-state index in [4.69, 9.17) is 6.42 Å². The minimum absolute atomic E-state index is 0.134. The van der Waals surface area contributed by atoms with Crippen LogP contribution in [0.4, 0.5) is 5.69 Å². The highest BCUT2D eigenvalue weighted by Gasteiger charge is 2.36. The zero-order valence-corrected chi connectivity index (χ0v) is 19.5. The Morgan fingerprint density at radius 2 is 1.19 bits per heavy atom. The van der Waals surface area contributed by atoms with Crippen LogP contribution in [0.5, 0.6) is 0 Å². The standard InChI is InChI=1S/C28H39NO2/c1-4-5-6-7-8-9-10-11-12-13-14-15-16-17-18-26-24(3)27(30)29(28(26)31)25-21-19-23(2)20-22-25/h1,19-22H,5-18H2,2-3H3. The fourth-order valence-corrected chi connectivity index (χ4v) is 4.20. The van der Waals surface area contributed by atoms with Crippen molar-refractivity contribution in [2.45, 2.75) is 104 Å². The second-order valence-electron chi connectivity index (χ2n) is 8.83. The van der Waals surface area contributed by atoms with E-state index in [-0.39, 0.29) is 11.8 Å². The first-order valence-electron chi connectivity index (χ1n) is 12.1. The molecular formula is C28H39NO2. The van der Waals surface area contributed by atoms with Gasteiger partial charge < -0.3 is 0 Å². The fraction of sp³-hybridized carbons (Fsp3) is 0.571. The number of hydrogen-bond donors (Lipinski definition) is 0. The summed E-state index contributed by atoms with van der Waals surface area (Å²) in [6, 6.07) is 7.57. The number of aryl methyl sites for hydroxylation is 1. The lowest BCUT2D eigenvalue weighted by Gasteiger charge is -2.15. The van der Waals surface area contributed by atoms with Gasteiger partial charge in [0, 0.05) is 17.6 Å². The Hall–Kier alpha value is -2.34. The molecule has 1 heterocycles. The molecule has 0 bridgehead atoms. The topological polar surface area (TPSA) is 37.4 Å². The van der Waals surface area contributed by atoms with E-state index in [1.807, 2.05) is 31.2 Å². The van der Waals surface area contributed by atoms with Gasteiger partial charge >= 0.3 is 0 Å². The molecule has 0 spiro atoms. The number of benzene rings is 1. The summed E-state index contributed by atoms with van der Waals surface area (Å²) in [7, 11) is 0. The Bertz CT molecular complexity index is 782. The zero-order chi connectivity index (χ0) is 22.5. The lowest BCUT2D eigenvalue weighted by molar-refractivity contribution is -0.120. The molecule has 3 heteroatoms. The molecule has 168 valence electrons. The van der Waals surface area contributed by atoms with Crippen molar-refractivity contribution < 1.29 is 9.59 Å². The van der Waals surface area contributed by atoms with Crippen molar-refractivity contribution in [3.63, 3.8) is 0 Å². The summed E-state index contributed by atoms with van der Waals surface area (Å²) in [5.74, 6) is 2.40. The quantitative estimate of drug-likeness (QED) is 0.169. The molecule has 1 aliphatic heterocycles. The predicted molar refractivity (Wildman–Crippen MR) is 130 cm³/mol. The maximum Gasteiger partial charge on any atom is 0.261 e. The van der Waals surface area contributed by atoms with Crippen LogP contribution in [0.25, 0.3) is 0 Å². The Morgan fingerprint density at radius 1 is 0.710 bits per heavy atom. The van der Waals surface area contributed by atoms with E-state index in [0.717, 1.165) is 24.8 Å². The second kappa shape index (κ2) is 13.9. The van der Waals surface area contributed by atoms with Crippen molar-refractivity contribution in [2.24, 2.45) is 0 Å². The molecule has 1 aliphatic rings. The summed E-state index contributed by atoms with van der Waals surface area (Å²) in [5.41, 5.74) is 3.10. The first kappa shape index (κ1) is 24.9. The smallest absolute Gasteiger partial charge is 0.261 e. The molecule has 0 N–H and O–H groups in total. The van der Waals surface area contributed by atoms with Gasteiger partial charge in [0.25, 0.3) is 11.8 Å². The number of carbonyl (C=O) groups is 2. The van der Waals surface area contributed by atoms with Crippen LogP contribution in [-0.4, -0.2) is 11.8 Å². The lowest BCUT2D eigenvalue weighted by Crippen LogP contribution is -2.31. The predicted octanol–water partition coefficient (Wildman–Crippen LogP) is 7.28. The number of imide groups is 1. The molecule has 2 amide bonds. The number of anilines is 1. The Kier molecular flexibility index (Phi) is 11.1. The molecule has 0 unspecified atom stereocenters. The highest BCUT2D eigenvalue weighted by Crippen LogP contribution is 2.30. The van der Waals surface area contributed by atoms with E-state index in [1.165, 1.54) is 69.1 Å². The van der Waals surface area contributed by atoms with Crippen LogP contribution in [0.1, 0.15) is 102 Å². The monoisotopic (exact) mass is 421 g/mol. The van der Waals surface area contributed by atoms with E-state index in [1.54, 1.807) is 6.92 Å². The minimum Gasteiger partial charge on any atom is -0.269 e. The number of carbonyl (C=O) groups excluding carboxylic acids is 2. The second-order valence-corrected chi connectivity index (χ2v) is 8.83. The van der Waals surface area contributed by atoms with Gasteiger partial charge in [0.15, 0.2) is 0 Å². The van der Waals surface area contributed by atoms with Crippen LogP contribution in [0, 0.1) is 19.3 Å². The Labute approximate surface area is 189 Å². The van der Waals surface area contributed by atoms with Crippen molar-refractivity contribution in [1.82, 2.24) is 0 Å². The molecule has 0 saturated heterocycles. The van der Waals surface area contributed by atoms with E-state index in [0.29, 0.717) is 23.3 Å². The first-order valence-corrected chi connectivity index (χ1v) is 12.1. The molecule has 0 aromatic heterocycles. The van der Waals surface area contributed by atoms with Crippen LogP contribution in [-0.2, 0) is 9.59 Å². The molecule has 0 aliphatic carbocycles. The zero-order valence-electron chi connectivity index (χ0n) is 19.5. The fourth-order valence-electron chi connectivity index (χ4n) is 4.20. The Balaban J connectivity index is 1.56. The molecule has 0 fully saturated rings. The van der Waals surface area contributed by atoms with E-state index >= 15 is 0 Å². The van der Waals surface area contributed by atoms with Crippen LogP contribution in [0.3, 0.4) is 0 Å². The van der Waals surface area contributed by atoms with E-state index in [2.05, 4.69) is 5.92 Å². The van der Waals surface area contributed by atoms with Crippen molar-refractivity contribution in [1.29, 1.82) is 0 Å². The molecule has 3 nitrogen and oxygen atoms in total. The largest absolute Gasteiger partial charge is 0.269 e. The van der Waals surface area contributed by atoms with Crippen LogP contribution in [0.2, 0.25) is 0 Å². The number of unbranched alkanes of at least 4 members (excludes halogenated alkanes) is 12. The van der Waals surface area contributed by atoms with Crippen molar-refractivity contribution in [2.75, 3.05) is 4.90 Å². The molecule has 31 heavy (non-hydrogen) atoms. The van der Waals surface area contributed by atoms with Gasteiger partial charge in [0.2, 0.25) is 0 Å². The van der Waals surface area contributed by atoms with Gasteiger partial charge in [-0.15, -0.1) is 12.3 Å². The maximum absolute atomic E-state index is 12.8. The third-order valence-corrected chi connectivity index (χ3v) is 6.23. The van der Waals surface area contributed by atoms with Gasteiger partial charge in [-0.3, -0.25) is 9.59 Å². The number of terminal acetylenes is 1. The lowest BCUT2D eigenvalue weighted by atomic mass is 10.0. The van der Waals surface area contributed by atoms with Crippen molar-refractivity contribution in [3.8, 4) is 12.3 Å². The molecule has 0 saturated carbocycles. The summed E-state index contributed by atoms with van der Waals surface area (Å²) in [5, 5.41) is 0. The van der Waals surface area contributed by atoms with Crippen LogP contribution < -0.4 is 4.90 Å². The third-order valence-electron chi connectivity index (χ3n) is 6.23. The van der Waals surface area contributed by atoms with E-state index < -0.39 is 0 Å². The molecule has 1 aromatic rings. The van der Waals surface area contributed by atoms with Gasteiger partial charge in [-0.05, 0) is 45.2 Å². The highest BCUT2D eigenvalue weighted by atomic mass is 16.2. The van der Waals surface area contributed by atoms with Gasteiger partial charge in [-0.2, -0.15) is 0 Å². The van der Waals surface area contributed by atoms with Crippen molar-refractivity contribution >= 4 is 17.5 Å². The summed E-state index contributed by atoms with van der Waals surface area (Å²) in [6.07, 6.45) is 21.9. The van der Waals surface area contributed by atoms with Gasteiger partial charge in [0.05, 0.1) is 5.69 Å². The first-order chi connectivity index (χ1) is 15.1. The van der Waals surface area contributed by atoms with Gasteiger partial charge in [-0.1, -0.05) is 81.9 Å². The summed E-state index contributed by atoms with van der Waals surface area (Å²) in [6.45, 7) is 3.79. The maximum atomic E-state index is 12.8. The molecule has 2 rings (SSSR count). The number of hydrogen-bond acceptors (Lipinski definition) is 2. The highest BCUT2D eigenvalue weighted by molar-refractivity contribution is 6.32. The van der Waals surface area contributed by atoms with Crippen LogP contribution >= 0.6 is 0 Å². The van der Waals surface area contributed by atoms with Gasteiger partial charge in [-0.25, -0.2) is 4.90 Å². The third kappa shape index (κ3) is 8.02. The van der Waals surface area contributed by atoms with E-state index in [9.17, 15) is 9.59 Å². The average Bonchev–Trinajstić information content (AvgIpc) is 2.97. The average molecular weight is 422 g/mol. The number of nitrogens with zero attached hydrogens (tertiary/aromatic N) is 1. The minimum atomic E-state index is -0.167. The summed E-state index contributed by atoms with van der Waals surface area (Å²) >= 11 is 0. The summed E-state index contributed by atoms with van der Waals surface area (Å²) < 4.78 is 0. The summed E-state index contributed by atoms with van der Waals surface area (Å²) in [4.78, 5) is 26.7. The number of rotatable bonds is 15. The SMILES string of the molecule is C#CCCCCCCCCCCCCCCC1=C(C)C(=O)N(c2ccc(C)cc2)C1=O. The molecule has 0 radical (unpaired) electrons. The normalized spacial score (nSPS) is 13.9. The number of amides is 2. The van der Waals surface area contributed by atoms with Crippen LogP contribution in [0.15, 0.2) is 35.4 Å². The Morgan fingerprint density at radius 3 is 1.71 bits per heavy atom. The van der Waals surface area contributed by atoms with Crippen molar-refractivity contribution in [3.05, 3.63) is 41.0 Å². The van der Waals surface area contributed by atoms with Gasteiger partial charge in [0.1, 0.15) is 0 Å². The molecule has 1 aromatic carbocycles. The molecule has 0 atom stereocenters.